The van der Waals surface area contributed by atoms with Crippen molar-refractivity contribution in [3.8, 4) is 0 Å². The van der Waals surface area contributed by atoms with Gasteiger partial charge in [-0.25, -0.2) is 0 Å². The maximum Gasteiger partial charge on any atom is 0.306 e. The van der Waals surface area contributed by atoms with E-state index in [-0.39, 0.29) is 31.1 Å². The molecule has 0 N–H and O–H groups in total. The molecule has 6 heteroatoms. The van der Waals surface area contributed by atoms with Gasteiger partial charge in [-0.3, -0.25) is 14.4 Å². The normalized spacial score (nSPS) is 12.0. The first-order valence-electron chi connectivity index (χ1n) is 35.2. The van der Waals surface area contributed by atoms with Crippen LogP contribution in [0.2, 0.25) is 0 Å². The van der Waals surface area contributed by atoms with Crippen LogP contribution in [0.5, 0.6) is 0 Å². The van der Waals surface area contributed by atoms with Crippen LogP contribution in [-0.4, -0.2) is 37.2 Å². The van der Waals surface area contributed by atoms with Gasteiger partial charge in [-0.2, -0.15) is 0 Å². The first-order valence-corrected chi connectivity index (χ1v) is 35.2. The number of carbonyl (C=O) groups is 3. The van der Waals surface area contributed by atoms with Crippen LogP contribution in [0.1, 0.15) is 406 Å². The fourth-order valence-corrected chi connectivity index (χ4v) is 11.0. The fourth-order valence-electron chi connectivity index (χ4n) is 11.0. The summed E-state index contributed by atoms with van der Waals surface area (Å²) in [5.41, 5.74) is 0. The highest BCUT2D eigenvalue weighted by molar-refractivity contribution is 5.71. The first kappa shape index (κ1) is 75.2. The second-order valence-corrected chi connectivity index (χ2v) is 24.2. The van der Waals surface area contributed by atoms with Crippen molar-refractivity contribution >= 4 is 17.9 Å². The molecule has 0 aromatic carbocycles. The summed E-state index contributed by atoms with van der Waals surface area (Å²) in [6.45, 7) is 6.74. The second kappa shape index (κ2) is 66.7. The Hall–Kier alpha value is -1.85. The molecular weight excluding hydrogens is 949 g/mol. The van der Waals surface area contributed by atoms with E-state index in [4.69, 9.17) is 14.2 Å². The van der Waals surface area contributed by atoms with Crippen LogP contribution in [0.15, 0.2) is 12.2 Å². The summed E-state index contributed by atoms with van der Waals surface area (Å²) in [6, 6.07) is 0. The van der Waals surface area contributed by atoms with Crippen molar-refractivity contribution in [2.24, 2.45) is 0 Å². The quantitative estimate of drug-likeness (QED) is 0.0261. The van der Waals surface area contributed by atoms with E-state index in [1.807, 2.05) is 0 Å². The molecule has 0 aliphatic rings. The lowest BCUT2D eigenvalue weighted by molar-refractivity contribution is -0.167. The zero-order valence-electron chi connectivity index (χ0n) is 52.5. The van der Waals surface area contributed by atoms with Crippen molar-refractivity contribution in [2.75, 3.05) is 13.2 Å². The summed E-state index contributed by atoms with van der Waals surface area (Å²) in [5, 5.41) is 0. The topological polar surface area (TPSA) is 78.9 Å². The van der Waals surface area contributed by atoms with Gasteiger partial charge in [-0.1, -0.05) is 354 Å². The van der Waals surface area contributed by atoms with Crippen LogP contribution in [0.4, 0.5) is 0 Å². The average Bonchev–Trinajstić information content (AvgIpc) is 3.43. The van der Waals surface area contributed by atoms with Crippen LogP contribution in [0.3, 0.4) is 0 Å². The Morgan fingerprint density at radius 1 is 0.247 bits per heavy atom. The third kappa shape index (κ3) is 64.9. The zero-order valence-corrected chi connectivity index (χ0v) is 52.5. The minimum atomic E-state index is -0.766. The summed E-state index contributed by atoms with van der Waals surface area (Å²) in [4.78, 5) is 38.4. The molecule has 1 atom stereocenters. The number of hydrogen-bond acceptors (Lipinski definition) is 6. The predicted molar refractivity (Wildman–Crippen MR) is 335 cm³/mol. The Labute approximate surface area is 481 Å². The molecule has 0 heterocycles. The molecule has 456 valence electrons. The van der Waals surface area contributed by atoms with Crippen LogP contribution < -0.4 is 0 Å². The molecule has 0 saturated heterocycles. The van der Waals surface area contributed by atoms with Gasteiger partial charge in [0.05, 0.1) is 0 Å². The summed E-state index contributed by atoms with van der Waals surface area (Å²) >= 11 is 0. The number of rotatable bonds is 66. The van der Waals surface area contributed by atoms with E-state index in [0.29, 0.717) is 19.3 Å². The lowest BCUT2D eigenvalue weighted by Crippen LogP contribution is -2.30. The zero-order chi connectivity index (χ0) is 55.7. The molecule has 0 fully saturated rings. The molecule has 77 heavy (non-hydrogen) atoms. The monoisotopic (exact) mass is 1090 g/mol. The maximum atomic E-state index is 12.9. The minimum absolute atomic E-state index is 0.0627. The SMILES string of the molecule is CCCCCCCCCC/C=C\CCCCCCCCCCCCCC(=O)OCC(COC(=O)CCCCCCCCCCCCCCCCCCCC)OC(=O)CCCCCCCCCCCCCCCCCCCC. The highest BCUT2D eigenvalue weighted by atomic mass is 16.6. The maximum absolute atomic E-state index is 12.9. The van der Waals surface area contributed by atoms with Crippen LogP contribution in [0, 0.1) is 0 Å². The van der Waals surface area contributed by atoms with E-state index in [2.05, 4.69) is 32.9 Å². The number of hydrogen-bond donors (Lipinski definition) is 0. The van der Waals surface area contributed by atoms with Crippen molar-refractivity contribution in [3.05, 3.63) is 12.2 Å². The molecule has 0 saturated carbocycles. The first-order chi connectivity index (χ1) is 38.0. The Balaban J connectivity index is 4.27. The molecule has 0 aromatic rings. The van der Waals surface area contributed by atoms with Crippen molar-refractivity contribution in [2.45, 2.75) is 412 Å². The van der Waals surface area contributed by atoms with Gasteiger partial charge in [0.15, 0.2) is 6.10 Å². The second-order valence-electron chi connectivity index (χ2n) is 24.2. The lowest BCUT2D eigenvalue weighted by Gasteiger charge is -2.18. The van der Waals surface area contributed by atoms with Gasteiger partial charge in [0.1, 0.15) is 13.2 Å². The molecule has 0 bridgehead atoms. The van der Waals surface area contributed by atoms with E-state index in [1.54, 1.807) is 0 Å². The molecule has 0 aliphatic carbocycles. The van der Waals surface area contributed by atoms with Crippen molar-refractivity contribution in [1.82, 2.24) is 0 Å². The molecule has 0 aliphatic heterocycles. The Kier molecular flexibility index (Phi) is 65.1. The molecule has 6 nitrogen and oxygen atoms in total. The Bertz CT molecular complexity index is 1200. The van der Waals surface area contributed by atoms with Gasteiger partial charge in [-0.05, 0) is 44.9 Å². The summed E-state index contributed by atoms with van der Waals surface area (Å²) in [7, 11) is 0. The molecule has 0 aromatic heterocycles. The smallest absolute Gasteiger partial charge is 0.306 e. The standard InChI is InChI=1S/C71H136O6/c1-4-7-10-13-16-19-22-25-28-31-34-35-36-37-38-41-43-46-49-52-55-58-61-64-70(73)76-67-68(77-71(74)65-62-59-56-53-50-47-44-40-33-30-27-24-21-18-15-12-9-6-3)66-75-69(72)63-60-57-54-51-48-45-42-39-32-29-26-23-20-17-14-11-8-5-2/h31,34,68H,4-30,32-33,35-67H2,1-3H3/b34-31-. The van der Waals surface area contributed by atoms with Gasteiger partial charge in [0.25, 0.3) is 0 Å². The highest BCUT2D eigenvalue weighted by Crippen LogP contribution is 2.19. The number of allylic oxidation sites excluding steroid dienone is 2. The summed E-state index contributed by atoms with van der Waals surface area (Å²) in [5.74, 6) is -0.826. The van der Waals surface area contributed by atoms with Crippen LogP contribution in [0.25, 0.3) is 0 Å². The Morgan fingerprint density at radius 2 is 0.429 bits per heavy atom. The number of unbranched alkanes of at least 4 members (excludes halogenated alkanes) is 53. The van der Waals surface area contributed by atoms with Crippen molar-refractivity contribution in [1.29, 1.82) is 0 Å². The molecule has 1 unspecified atom stereocenters. The van der Waals surface area contributed by atoms with Crippen molar-refractivity contribution in [3.63, 3.8) is 0 Å². The number of ether oxygens (including phenoxy) is 3. The molecule has 0 amide bonds. The van der Waals surface area contributed by atoms with Gasteiger partial charge < -0.3 is 14.2 Å². The fraction of sp³-hybridized carbons (Fsp3) is 0.930. The number of esters is 3. The van der Waals surface area contributed by atoms with E-state index in [9.17, 15) is 14.4 Å². The van der Waals surface area contributed by atoms with Gasteiger partial charge in [0.2, 0.25) is 0 Å². The van der Waals surface area contributed by atoms with Gasteiger partial charge in [-0.15, -0.1) is 0 Å². The largest absolute Gasteiger partial charge is 0.462 e. The Morgan fingerprint density at radius 3 is 0.649 bits per heavy atom. The third-order valence-corrected chi connectivity index (χ3v) is 16.3. The highest BCUT2D eigenvalue weighted by Gasteiger charge is 2.19. The molecular formula is C71H136O6. The predicted octanol–water partition coefficient (Wildman–Crippen LogP) is 24.0. The van der Waals surface area contributed by atoms with E-state index < -0.39 is 6.10 Å². The summed E-state index contributed by atoms with van der Waals surface area (Å²) < 4.78 is 17.0. The van der Waals surface area contributed by atoms with E-state index in [1.165, 1.54) is 308 Å². The van der Waals surface area contributed by atoms with Crippen LogP contribution in [-0.2, 0) is 28.6 Å². The lowest BCUT2D eigenvalue weighted by atomic mass is 10.0. The molecule has 0 spiro atoms. The van der Waals surface area contributed by atoms with Crippen LogP contribution >= 0.6 is 0 Å². The summed E-state index contributed by atoms with van der Waals surface area (Å²) in [6.07, 6.45) is 79.5. The minimum Gasteiger partial charge on any atom is -0.462 e. The van der Waals surface area contributed by atoms with Crippen molar-refractivity contribution < 1.29 is 28.6 Å². The van der Waals surface area contributed by atoms with Gasteiger partial charge >= 0.3 is 17.9 Å². The molecule has 0 rings (SSSR count). The average molecular weight is 1090 g/mol. The van der Waals surface area contributed by atoms with E-state index >= 15 is 0 Å². The number of carbonyl (C=O) groups excluding carboxylic acids is 3. The third-order valence-electron chi connectivity index (χ3n) is 16.3. The van der Waals surface area contributed by atoms with Gasteiger partial charge in [0, 0.05) is 19.3 Å². The van der Waals surface area contributed by atoms with E-state index in [0.717, 1.165) is 57.8 Å². The molecule has 0 radical (unpaired) electrons.